The lowest BCUT2D eigenvalue weighted by atomic mass is 9.94. The lowest BCUT2D eigenvalue weighted by molar-refractivity contribution is -0.149. The highest BCUT2D eigenvalue weighted by molar-refractivity contribution is 5.81. The summed E-state index contributed by atoms with van der Waals surface area (Å²) >= 11 is 0. The van der Waals surface area contributed by atoms with Crippen LogP contribution in [0.25, 0.3) is 6.08 Å². The van der Waals surface area contributed by atoms with Gasteiger partial charge in [0.05, 0.1) is 12.5 Å². The van der Waals surface area contributed by atoms with Crippen LogP contribution in [0, 0.1) is 0 Å². The summed E-state index contributed by atoms with van der Waals surface area (Å²) < 4.78 is 4.77. The molecule has 6 heteroatoms. The van der Waals surface area contributed by atoms with Crippen molar-refractivity contribution in [2.75, 3.05) is 6.61 Å². The van der Waals surface area contributed by atoms with Crippen molar-refractivity contribution in [1.82, 2.24) is 4.90 Å². The Morgan fingerprint density at radius 3 is 2.67 bits per heavy atom. The fourth-order valence-corrected chi connectivity index (χ4v) is 2.28. The molecule has 1 aromatic rings. The van der Waals surface area contributed by atoms with Crippen LogP contribution in [0.4, 0.5) is 0 Å². The summed E-state index contributed by atoms with van der Waals surface area (Å²) in [4.78, 5) is 35.6. The predicted octanol–water partition coefficient (Wildman–Crippen LogP) is 0.979. The van der Waals surface area contributed by atoms with Gasteiger partial charge in [-0.2, -0.15) is 0 Å². The van der Waals surface area contributed by atoms with Crippen molar-refractivity contribution in [3.63, 3.8) is 0 Å². The van der Waals surface area contributed by atoms with Crippen molar-refractivity contribution in [3.8, 4) is 0 Å². The second-order valence-corrected chi connectivity index (χ2v) is 4.72. The van der Waals surface area contributed by atoms with Crippen molar-refractivity contribution < 1.29 is 19.1 Å². The molecule has 0 saturated heterocycles. The Morgan fingerprint density at radius 2 is 2.00 bits per heavy atom. The van der Waals surface area contributed by atoms with Crippen LogP contribution < -0.4 is 5.73 Å². The van der Waals surface area contributed by atoms with Gasteiger partial charge in [-0.25, -0.2) is 0 Å². The number of hydrogen-bond acceptors (Lipinski definition) is 4. The van der Waals surface area contributed by atoms with Gasteiger partial charge >= 0.3 is 5.97 Å². The maximum absolute atomic E-state index is 11.8. The van der Waals surface area contributed by atoms with Gasteiger partial charge in [0.2, 0.25) is 5.91 Å². The van der Waals surface area contributed by atoms with Crippen LogP contribution in [0.5, 0.6) is 0 Å². The van der Waals surface area contributed by atoms with Crippen LogP contribution in [0.1, 0.15) is 30.5 Å². The molecule has 6 nitrogen and oxygen atoms in total. The van der Waals surface area contributed by atoms with E-state index in [2.05, 4.69) is 0 Å². The molecular weight excluding hydrogens is 272 g/mol. The molecule has 0 unspecified atom stereocenters. The topological polar surface area (TPSA) is 89.7 Å². The van der Waals surface area contributed by atoms with Crippen LogP contribution in [0.2, 0.25) is 0 Å². The number of carbonyl (C=O) groups is 3. The summed E-state index contributed by atoms with van der Waals surface area (Å²) in [6, 6.07) is 7.06. The van der Waals surface area contributed by atoms with Gasteiger partial charge < -0.3 is 15.4 Å². The standard InChI is InChI=1S/C15H16N2O4/c1-10(18)17-7-6-11-4-2-3-5-12(11)13(17)8-15(20)21-9-14(16)19/h2-7,13H,8-9H2,1H3,(H2,16,19)/t13-/m0/s1. The summed E-state index contributed by atoms with van der Waals surface area (Å²) in [5.74, 6) is -1.46. The number of amides is 2. The van der Waals surface area contributed by atoms with Crippen LogP contribution in [-0.2, 0) is 19.1 Å². The fourth-order valence-electron chi connectivity index (χ4n) is 2.28. The molecule has 0 bridgehead atoms. The largest absolute Gasteiger partial charge is 0.456 e. The second-order valence-electron chi connectivity index (χ2n) is 4.72. The average molecular weight is 288 g/mol. The maximum Gasteiger partial charge on any atom is 0.308 e. The van der Waals surface area contributed by atoms with E-state index in [1.54, 1.807) is 6.20 Å². The lowest BCUT2D eigenvalue weighted by Crippen LogP contribution is -2.33. The van der Waals surface area contributed by atoms with Crippen molar-refractivity contribution in [2.24, 2.45) is 5.73 Å². The van der Waals surface area contributed by atoms with Gasteiger partial charge in [0.15, 0.2) is 6.61 Å². The number of esters is 1. The minimum atomic E-state index is -0.712. The molecule has 1 heterocycles. The first-order valence-corrected chi connectivity index (χ1v) is 6.49. The van der Waals surface area contributed by atoms with Crippen LogP contribution in [-0.4, -0.2) is 29.3 Å². The fraction of sp³-hybridized carbons (Fsp3) is 0.267. The highest BCUT2D eigenvalue weighted by Gasteiger charge is 2.28. The number of fused-ring (bicyclic) bond motifs is 1. The third-order valence-electron chi connectivity index (χ3n) is 3.20. The van der Waals surface area contributed by atoms with Gasteiger partial charge in [0, 0.05) is 13.1 Å². The van der Waals surface area contributed by atoms with Crippen molar-refractivity contribution in [3.05, 3.63) is 41.6 Å². The zero-order valence-electron chi connectivity index (χ0n) is 11.6. The van der Waals surface area contributed by atoms with E-state index in [4.69, 9.17) is 10.5 Å². The molecule has 1 aliphatic heterocycles. The van der Waals surface area contributed by atoms with Crippen molar-refractivity contribution >= 4 is 23.9 Å². The van der Waals surface area contributed by atoms with Gasteiger partial charge in [0.25, 0.3) is 5.91 Å². The van der Waals surface area contributed by atoms with Crippen molar-refractivity contribution in [2.45, 2.75) is 19.4 Å². The Bertz CT molecular complexity index is 609. The molecule has 1 atom stereocenters. The Labute approximate surface area is 122 Å². The highest BCUT2D eigenvalue weighted by Crippen LogP contribution is 2.32. The van der Waals surface area contributed by atoms with Crippen molar-refractivity contribution in [1.29, 1.82) is 0 Å². The predicted molar refractivity (Wildman–Crippen MR) is 75.5 cm³/mol. The normalized spacial score (nSPS) is 16.2. The molecule has 0 spiro atoms. The smallest absolute Gasteiger partial charge is 0.308 e. The molecular formula is C15H16N2O4. The van der Waals surface area contributed by atoms with E-state index in [-0.39, 0.29) is 12.3 Å². The maximum atomic E-state index is 11.8. The van der Waals surface area contributed by atoms with Gasteiger partial charge in [0.1, 0.15) is 0 Å². The molecule has 0 saturated carbocycles. The van der Waals surface area contributed by atoms with E-state index in [1.165, 1.54) is 11.8 Å². The minimum Gasteiger partial charge on any atom is -0.456 e. The summed E-state index contributed by atoms with van der Waals surface area (Å²) in [6.45, 7) is 0.975. The first kappa shape index (κ1) is 14.8. The Morgan fingerprint density at radius 1 is 1.29 bits per heavy atom. The molecule has 110 valence electrons. The van der Waals surface area contributed by atoms with Crippen LogP contribution in [0.15, 0.2) is 30.5 Å². The number of carbonyl (C=O) groups excluding carboxylic acids is 3. The Kier molecular flexibility index (Phi) is 4.37. The zero-order valence-corrected chi connectivity index (χ0v) is 11.6. The number of nitrogens with zero attached hydrogens (tertiary/aromatic N) is 1. The summed E-state index contributed by atoms with van der Waals surface area (Å²) in [6.07, 6.45) is 3.44. The molecule has 1 aromatic carbocycles. The number of primary amides is 1. The van der Waals surface area contributed by atoms with E-state index in [0.29, 0.717) is 0 Å². The highest BCUT2D eigenvalue weighted by atomic mass is 16.5. The van der Waals surface area contributed by atoms with E-state index in [1.807, 2.05) is 30.3 Å². The van der Waals surface area contributed by atoms with Gasteiger partial charge in [-0.05, 0) is 17.2 Å². The lowest BCUT2D eigenvalue weighted by Gasteiger charge is -2.32. The average Bonchev–Trinajstić information content (AvgIpc) is 2.45. The van der Waals surface area contributed by atoms with Gasteiger partial charge in [-0.3, -0.25) is 14.4 Å². The Hall–Kier alpha value is -2.63. The summed E-state index contributed by atoms with van der Waals surface area (Å²) in [5, 5.41) is 0. The molecule has 0 aliphatic carbocycles. The number of hydrogen-bond donors (Lipinski definition) is 1. The monoisotopic (exact) mass is 288 g/mol. The number of nitrogens with two attached hydrogens (primary N) is 1. The van der Waals surface area contributed by atoms with Crippen LogP contribution >= 0.6 is 0 Å². The summed E-state index contributed by atoms with van der Waals surface area (Å²) in [7, 11) is 0. The molecule has 2 amide bonds. The van der Waals surface area contributed by atoms with Crippen LogP contribution in [0.3, 0.4) is 0 Å². The molecule has 0 fully saturated rings. The van der Waals surface area contributed by atoms with E-state index < -0.39 is 24.5 Å². The molecule has 0 aromatic heterocycles. The molecule has 1 aliphatic rings. The molecule has 0 radical (unpaired) electrons. The first-order chi connectivity index (χ1) is 9.99. The van der Waals surface area contributed by atoms with Gasteiger partial charge in [-0.15, -0.1) is 0 Å². The number of ether oxygens (including phenoxy) is 1. The number of rotatable bonds is 4. The third-order valence-corrected chi connectivity index (χ3v) is 3.20. The summed E-state index contributed by atoms with van der Waals surface area (Å²) in [5.41, 5.74) is 6.75. The molecule has 21 heavy (non-hydrogen) atoms. The first-order valence-electron chi connectivity index (χ1n) is 6.49. The second kappa shape index (κ2) is 6.21. The molecule has 2 rings (SSSR count). The van der Waals surface area contributed by atoms with Gasteiger partial charge in [-0.1, -0.05) is 24.3 Å². The molecule has 2 N–H and O–H groups in total. The zero-order chi connectivity index (χ0) is 15.4. The third kappa shape index (κ3) is 3.47. The quantitative estimate of drug-likeness (QED) is 0.836. The van der Waals surface area contributed by atoms with E-state index in [0.717, 1.165) is 11.1 Å². The van der Waals surface area contributed by atoms with E-state index in [9.17, 15) is 14.4 Å². The minimum absolute atomic E-state index is 0.0335. The number of benzene rings is 1. The Balaban J connectivity index is 2.20. The van der Waals surface area contributed by atoms with E-state index >= 15 is 0 Å². The SMILES string of the molecule is CC(=O)N1C=Cc2ccccc2[C@@H]1CC(=O)OCC(N)=O.